The molecular weight excluding hydrogens is 366 g/mol. The van der Waals surface area contributed by atoms with Gasteiger partial charge in [0.05, 0.1) is 20.0 Å². The summed E-state index contributed by atoms with van der Waals surface area (Å²) in [5.74, 6) is 0. The lowest BCUT2D eigenvalue weighted by Gasteiger charge is -2.48. The monoisotopic (exact) mass is 399 g/mol. The Labute approximate surface area is 181 Å². The number of rotatable bonds is 6. The van der Waals surface area contributed by atoms with Gasteiger partial charge in [-0.25, -0.2) is 0 Å². The normalized spacial score (nSPS) is 19.3. The molecule has 1 heterocycles. The van der Waals surface area contributed by atoms with Crippen LogP contribution >= 0.6 is 0 Å². The molecule has 156 valence electrons. The van der Waals surface area contributed by atoms with Gasteiger partial charge in [-0.3, -0.25) is 14.7 Å². The van der Waals surface area contributed by atoms with Gasteiger partial charge in [0.1, 0.15) is 0 Å². The summed E-state index contributed by atoms with van der Waals surface area (Å²) in [7, 11) is 0. The van der Waals surface area contributed by atoms with Crippen LogP contribution in [-0.4, -0.2) is 34.7 Å². The first-order valence-corrected chi connectivity index (χ1v) is 11.0. The van der Waals surface area contributed by atoms with E-state index in [4.69, 9.17) is 0 Å². The van der Waals surface area contributed by atoms with Crippen molar-refractivity contribution in [2.45, 2.75) is 38.9 Å². The minimum absolute atomic E-state index is 0.363. The molecule has 3 atom stereocenters. The smallest absolute Gasteiger partial charge is 0.0542 e. The zero-order valence-electron chi connectivity index (χ0n) is 18.4. The van der Waals surface area contributed by atoms with Crippen LogP contribution in [0.1, 0.15) is 55.6 Å². The Morgan fingerprint density at radius 2 is 0.667 bits per heavy atom. The summed E-state index contributed by atoms with van der Waals surface area (Å²) >= 11 is 0. The lowest BCUT2D eigenvalue weighted by molar-refractivity contribution is -0.0804. The Hall–Kier alpha value is -2.46. The summed E-state index contributed by atoms with van der Waals surface area (Å²) in [6.45, 7) is 9.88. The summed E-state index contributed by atoms with van der Waals surface area (Å²) in [4.78, 5) is 7.78. The maximum atomic E-state index is 2.59. The van der Waals surface area contributed by atoms with Gasteiger partial charge in [-0.15, -0.1) is 0 Å². The fraction of sp³-hybridized carbons (Fsp3) is 0.333. The Morgan fingerprint density at radius 1 is 0.433 bits per heavy atom. The van der Waals surface area contributed by atoms with Crippen LogP contribution in [0.5, 0.6) is 0 Å². The maximum Gasteiger partial charge on any atom is 0.0542 e. The second-order valence-electron chi connectivity index (χ2n) is 8.45. The van der Waals surface area contributed by atoms with Gasteiger partial charge in [-0.05, 0) is 37.5 Å². The zero-order chi connectivity index (χ0) is 20.9. The highest BCUT2D eigenvalue weighted by molar-refractivity contribution is 5.21. The van der Waals surface area contributed by atoms with E-state index in [1.54, 1.807) is 0 Å². The summed E-state index contributed by atoms with van der Waals surface area (Å²) in [6.07, 6.45) is 0. The molecule has 0 amide bonds. The third-order valence-electron chi connectivity index (χ3n) is 6.58. The topological polar surface area (TPSA) is 9.72 Å². The first kappa shape index (κ1) is 20.8. The van der Waals surface area contributed by atoms with Crippen LogP contribution in [0.25, 0.3) is 0 Å². The van der Waals surface area contributed by atoms with Crippen LogP contribution in [0.4, 0.5) is 0 Å². The molecule has 4 rings (SSSR count). The van der Waals surface area contributed by atoms with Crippen molar-refractivity contribution in [1.82, 2.24) is 14.7 Å². The molecule has 3 heteroatoms. The van der Waals surface area contributed by atoms with Gasteiger partial charge in [0.25, 0.3) is 0 Å². The van der Waals surface area contributed by atoms with Gasteiger partial charge < -0.3 is 0 Å². The summed E-state index contributed by atoms with van der Waals surface area (Å²) < 4.78 is 0. The lowest BCUT2D eigenvalue weighted by Crippen LogP contribution is -2.56. The fourth-order valence-corrected chi connectivity index (χ4v) is 4.40. The van der Waals surface area contributed by atoms with Crippen LogP contribution in [0.2, 0.25) is 0 Å². The van der Waals surface area contributed by atoms with E-state index in [0.717, 1.165) is 20.0 Å². The van der Waals surface area contributed by atoms with Crippen molar-refractivity contribution in [2.24, 2.45) is 0 Å². The molecule has 0 radical (unpaired) electrons. The van der Waals surface area contributed by atoms with E-state index in [1.807, 2.05) is 0 Å². The van der Waals surface area contributed by atoms with Crippen molar-refractivity contribution in [3.05, 3.63) is 108 Å². The van der Waals surface area contributed by atoms with Crippen LogP contribution in [0.3, 0.4) is 0 Å². The van der Waals surface area contributed by atoms with E-state index in [2.05, 4.69) is 126 Å². The third-order valence-corrected chi connectivity index (χ3v) is 6.58. The Bertz CT molecular complexity index is 769. The molecule has 3 aromatic carbocycles. The van der Waals surface area contributed by atoms with Crippen molar-refractivity contribution < 1.29 is 0 Å². The molecule has 0 spiro atoms. The molecule has 0 saturated carbocycles. The van der Waals surface area contributed by atoms with Crippen molar-refractivity contribution in [3.63, 3.8) is 0 Å². The number of hydrogen-bond donors (Lipinski definition) is 0. The second kappa shape index (κ2) is 9.57. The highest BCUT2D eigenvalue weighted by Gasteiger charge is 2.32. The van der Waals surface area contributed by atoms with E-state index in [-0.39, 0.29) is 0 Å². The van der Waals surface area contributed by atoms with E-state index >= 15 is 0 Å². The Balaban J connectivity index is 1.60. The van der Waals surface area contributed by atoms with Crippen molar-refractivity contribution in [1.29, 1.82) is 0 Å². The SMILES string of the molecule is C[C@@H](c1ccccc1)N1CN([C@@H](C)c2ccccc2)CN([C@@H](C)c2ccccc2)C1. The average Bonchev–Trinajstić information content (AvgIpc) is 2.84. The summed E-state index contributed by atoms with van der Waals surface area (Å²) in [6, 6.07) is 33.7. The summed E-state index contributed by atoms with van der Waals surface area (Å²) in [5, 5.41) is 0. The zero-order valence-corrected chi connectivity index (χ0v) is 18.4. The first-order chi connectivity index (χ1) is 14.6. The minimum Gasteiger partial charge on any atom is -0.271 e. The molecule has 30 heavy (non-hydrogen) atoms. The molecule has 3 aromatic rings. The van der Waals surface area contributed by atoms with Crippen LogP contribution < -0.4 is 0 Å². The van der Waals surface area contributed by atoms with E-state index in [0.29, 0.717) is 18.1 Å². The molecule has 0 aliphatic carbocycles. The van der Waals surface area contributed by atoms with Gasteiger partial charge in [-0.1, -0.05) is 91.0 Å². The van der Waals surface area contributed by atoms with Crippen molar-refractivity contribution in [3.8, 4) is 0 Å². The molecule has 1 aliphatic rings. The van der Waals surface area contributed by atoms with Crippen LogP contribution in [-0.2, 0) is 0 Å². The maximum absolute atomic E-state index is 2.59. The van der Waals surface area contributed by atoms with Crippen molar-refractivity contribution in [2.75, 3.05) is 20.0 Å². The Morgan fingerprint density at radius 3 is 0.900 bits per heavy atom. The van der Waals surface area contributed by atoms with Crippen LogP contribution in [0.15, 0.2) is 91.0 Å². The highest BCUT2D eigenvalue weighted by Crippen LogP contribution is 2.32. The van der Waals surface area contributed by atoms with Gasteiger partial charge >= 0.3 is 0 Å². The third kappa shape index (κ3) is 4.65. The molecular formula is C27H33N3. The summed E-state index contributed by atoms with van der Waals surface area (Å²) in [5.41, 5.74) is 4.12. The van der Waals surface area contributed by atoms with Gasteiger partial charge in [-0.2, -0.15) is 0 Å². The second-order valence-corrected chi connectivity index (χ2v) is 8.45. The molecule has 0 unspecified atom stereocenters. The predicted octanol–water partition coefficient (Wildman–Crippen LogP) is 6.06. The van der Waals surface area contributed by atoms with Crippen LogP contribution in [0, 0.1) is 0 Å². The molecule has 3 nitrogen and oxygen atoms in total. The highest BCUT2D eigenvalue weighted by atomic mass is 15.5. The molecule has 0 N–H and O–H groups in total. The Kier molecular flexibility index (Phi) is 6.63. The molecule has 1 saturated heterocycles. The number of benzene rings is 3. The van der Waals surface area contributed by atoms with Gasteiger partial charge in [0, 0.05) is 18.1 Å². The number of hydrogen-bond acceptors (Lipinski definition) is 3. The molecule has 0 aromatic heterocycles. The van der Waals surface area contributed by atoms with Gasteiger partial charge in [0.2, 0.25) is 0 Å². The molecule has 0 bridgehead atoms. The standard InChI is InChI=1S/C27H33N3/c1-22(25-13-7-4-8-14-25)28-19-29(23(2)26-15-9-5-10-16-26)21-30(20-28)24(3)27-17-11-6-12-18-27/h4-18,22-24H,19-21H2,1-3H3/t22-,23-,24-/m0/s1. The predicted molar refractivity (Wildman–Crippen MR) is 125 cm³/mol. The number of nitrogens with zero attached hydrogens (tertiary/aromatic N) is 3. The largest absolute Gasteiger partial charge is 0.271 e. The van der Waals surface area contributed by atoms with E-state index < -0.39 is 0 Å². The lowest BCUT2D eigenvalue weighted by atomic mass is 10.0. The molecule has 1 aliphatic heterocycles. The average molecular weight is 400 g/mol. The first-order valence-electron chi connectivity index (χ1n) is 11.0. The minimum atomic E-state index is 0.363. The van der Waals surface area contributed by atoms with E-state index in [9.17, 15) is 0 Å². The van der Waals surface area contributed by atoms with E-state index in [1.165, 1.54) is 16.7 Å². The van der Waals surface area contributed by atoms with Crippen molar-refractivity contribution >= 4 is 0 Å². The quantitative estimate of drug-likeness (QED) is 0.499. The van der Waals surface area contributed by atoms with Gasteiger partial charge in [0.15, 0.2) is 0 Å². The fourth-order valence-electron chi connectivity index (χ4n) is 4.40. The molecule has 1 fully saturated rings.